The van der Waals surface area contributed by atoms with Crippen LogP contribution in [0.25, 0.3) is 10.8 Å². The maximum atomic E-state index is 15.1. The van der Waals surface area contributed by atoms with E-state index in [9.17, 15) is 19.5 Å². The van der Waals surface area contributed by atoms with Gasteiger partial charge in [-0.1, -0.05) is 95.7 Å². The molecule has 3 saturated heterocycles. The zero-order chi connectivity index (χ0) is 38.6. The molecule has 2 N–H and O–H groups in total. The van der Waals surface area contributed by atoms with Crippen molar-refractivity contribution in [2.75, 3.05) is 31.8 Å². The molecular formula is C42H48BrN3O8. The summed E-state index contributed by atoms with van der Waals surface area (Å²) >= 11 is 3.75. The van der Waals surface area contributed by atoms with Crippen LogP contribution in [0.5, 0.6) is 0 Å². The van der Waals surface area contributed by atoms with Crippen LogP contribution in [0.15, 0.2) is 98.1 Å². The highest BCUT2D eigenvalue weighted by atomic mass is 79.9. The van der Waals surface area contributed by atoms with Crippen molar-refractivity contribution in [2.24, 2.45) is 11.8 Å². The van der Waals surface area contributed by atoms with Gasteiger partial charge in [0.2, 0.25) is 11.8 Å². The van der Waals surface area contributed by atoms with E-state index in [0.29, 0.717) is 24.1 Å². The summed E-state index contributed by atoms with van der Waals surface area (Å²) in [6, 6.07) is 20.0. The lowest BCUT2D eigenvalue weighted by Gasteiger charge is -2.39. The van der Waals surface area contributed by atoms with Gasteiger partial charge in [-0.3, -0.25) is 19.2 Å². The van der Waals surface area contributed by atoms with Crippen molar-refractivity contribution in [1.82, 2.24) is 10.2 Å². The summed E-state index contributed by atoms with van der Waals surface area (Å²) in [4.78, 5) is 60.2. The van der Waals surface area contributed by atoms with Crippen molar-refractivity contribution >= 4 is 56.1 Å². The van der Waals surface area contributed by atoms with Crippen LogP contribution >= 0.6 is 15.9 Å². The molecule has 1 unspecified atom stereocenters. The lowest BCUT2D eigenvalue weighted by molar-refractivity contribution is -0.163. The van der Waals surface area contributed by atoms with Gasteiger partial charge in [-0.2, -0.15) is 0 Å². The Morgan fingerprint density at radius 3 is 2.48 bits per heavy atom. The highest BCUT2D eigenvalue weighted by Crippen LogP contribution is 2.61. The maximum Gasteiger partial charge on any atom is 0.313 e. The molecule has 3 fully saturated rings. The van der Waals surface area contributed by atoms with Crippen LogP contribution in [-0.2, 0) is 33.4 Å². The van der Waals surface area contributed by atoms with E-state index < -0.39 is 65.6 Å². The summed E-state index contributed by atoms with van der Waals surface area (Å²) in [7, 11) is 1.50. The summed E-state index contributed by atoms with van der Waals surface area (Å²) in [6.07, 6.45) is 2.82. The largest absolute Gasteiger partial charge is 0.455 e. The van der Waals surface area contributed by atoms with Crippen molar-refractivity contribution in [3.05, 3.63) is 104 Å². The van der Waals surface area contributed by atoms with E-state index in [0.717, 1.165) is 10.8 Å². The number of aliphatic hydroxyl groups is 1. The van der Waals surface area contributed by atoms with Crippen molar-refractivity contribution < 1.29 is 38.5 Å². The van der Waals surface area contributed by atoms with Crippen LogP contribution in [0.4, 0.5) is 5.69 Å². The topological polar surface area (TPSA) is 135 Å². The molecule has 3 heterocycles. The molecule has 0 saturated carbocycles. The lowest BCUT2D eigenvalue weighted by Crippen LogP contribution is -2.59. The number of methoxy groups -OCH3 is 1. The van der Waals surface area contributed by atoms with Crippen molar-refractivity contribution in [3.8, 4) is 0 Å². The van der Waals surface area contributed by atoms with Gasteiger partial charge in [-0.05, 0) is 47.7 Å². The van der Waals surface area contributed by atoms with Crippen LogP contribution in [0.1, 0.15) is 44.3 Å². The fraction of sp³-hybridized carbons (Fsp3) is 0.429. The first-order chi connectivity index (χ1) is 26.1. The molecule has 0 radical (unpaired) electrons. The number of anilines is 1. The molecule has 3 aliphatic heterocycles. The maximum absolute atomic E-state index is 15.1. The molecular weight excluding hydrogens is 754 g/mol. The molecule has 0 aliphatic carbocycles. The summed E-state index contributed by atoms with van der Waals surface area (Å²) in [5, 5.41) is 15.5. The summed E-state index contributed by atoms with van der Waals surface area (Å²) in [5.74, 6) is -3.96. The van der Waals surface area contributed by atoms with Gasteiger partial charge in [-0.15, -0.1) is 13.2 Å². The van der Waals surface area contributed by atoms with Crippen LogP contribution < -0.4 is 10.2 Å². The number of rotatable bonds is 17. The van der Waals surface area contributed by atoms with Crippen molar-refractivity contribution in [2.45, 2.75) is 73.4 Å². The number of aliphatic hydroxyl groups excluding tert-OH is 1. The number of carbonyl (C=O) groups is 4. The van der Waals surface area contributed by atoms with Crippen LogP contribution in [0.2, 0.25) is 0 Å². The Morgan fingerprint density at radius 2 is 1.81 bits per heavy atom. The van der Waals surface area contributed by atoms with E-state index in [4.69, 9.17) is 14.2 Å². The minimum Gasteiger partial charge on any atom is -0.455 e. The van der Waals surface area contributed by atoms with Gasteiger partial charge >= 0.3 is 5.97 Å². The molecule has 0 aromatic heterocycles. The third kappa shape index (κ3) is 7.24. The molecule has 54 heavy (non-hydrogen) atoms. The highest BCUT2D eigenvalue weighted by Gasteiger charge is 2.77. The Hall–Kier alpha value is -4.36. The number of ether oxygens (including phenoxy) is 3. The molecule has 2 bridgehead atoms. The first-order valence-corrected chi connectivity index (χ1v) is 19.4. The lowest BCUT2D eigenvalue weighted by atomic mass is 9.70. The zero-order valence-corrected chi connectivity index (χ0v) is 32.2. The molecule has 6 rings (SSSR count). The van der Waals surface area contributed by atoms with Crippen molar-refractivity contribution in [1.29, 1.82) is 0 Å². The van der Waals surface area contributed by atoms with Gasteiger partial charge in [0.25, 0.3) is 5.91 Å². The molecule has 286 valence electrons. The fourth-order valence-corrected chi connectivity index (χ4v) is 9.44. The molecule has 1 spiro atoms. The number of nitrogens with one attached hydrogen (secondary N) is 1. The van der Waals surface area contributed by atoms with Gasteiger partial charge in [0.1, 0.15) is 17.7 Å². The monoisotopic (exact) mass is 801 g/mol. The van der Waals surface area contributed by atoms with E-state index >= 15 is 4.79 Å². The number of halogens is 1. The number of benzene rings is 3. The summed E-state index contributed by atoms with van der Waals surface area (Å²) < 4.78 is 18.6. The number of esters is 1. The van der Waals surface area contributed by atoms with Crippen LogP contribution in [0, 0.1) is 11.8 Å². The van der Waals surface area contributed by atoms with Gasteiger partial charge < -0.3 is 34.4 Å². The first-order valence-electron chi connectivity index (χ1n) is 18.4. The Balaban J connectivity index is 1.39. The Kier molecular flexibility index (Phi) is 12.4. The van der Waals surface area contributed by atoms with Crippen LogP contribution in [0.3, 0.4) is 0 Å². The van der Waals surface area contributed by atoms with Gasteiger partial charge in [0.05, 0.1) is 43.2 Å². The highest BCUT2D eigenvalue weighted by molar-refractivity contribution is 9.09. The first kappa shape index (κ1) is 39.3. The number of nitrogens with zero attached hydrogens (tertiary/aromatic N) is 2. The Labute approximate surface area is 324 Å². The quantitative estimate of drug-likeness (QED) is 0.107. The molecule has 3 aromatic rings. The average molecular weight is 803 g/mol. The fourth-order valence-electron chi connectivity index (χ4n) is 8.49. The van der Waals surface area contributed by atoms with E-state index in [1.165, 1.54) is 12.0 Å². The zero-order valence-electron chi connectivity index (χ0n) is 30.6. The third-order valence-electron chi connectivity index (χ3n) is 10.9. The smallest absolute Gasteiger partial charge is 0.313 e. The summed E-state index contributed by atoms with van der Waals surface area (Å²) in [5.41, 5.74) is -0.157. The van der Waals surface area contributed by atoms with E-state index in [1.54, 1.807) is 29.2 Å². The van der Waals surface area contributed by atoms with E-state index in [2.05, 4.69) is 34.4 Å². The number of fused-ring (bicyclic) bond motifs is 2. The Morgan fingerprint density at radius 1 is 1.09 bits per heavy atom. The van der Waals surface area contributed by atoms with Crippen molar-refractivity contribution in [3.63, 3.8) is 0 Å². The average Bonchev–Trinajstić information content (AvgIpc) is 3.78. The Bertz CT molecular complexity index is 1870. The standard InChI is InChI=1S/C42H48BrN3O8/c1-5-8-18-33(48)44-32(25-52-4)36(27-15-10-9-11-16-27)53-41(51)34-35-39(49)46(29(7-3)24-47)38(42(35)23-31(43)37(34)54-42)40(50)45(21-6-2)30-20-19-26-14-12-13-17-28(26)22-30/h5-6,9-17,19-20,22,29,31-32,34-38,47H,1-2,7-8,18,21,23-25H2,3-4H3,(H,44,48)/t29-,31?,32-,34+,35-,36-,37+,38+,42-/m0/s1. The SMILES string of the molecule is C=CCCC(=O)N[C@@H](COC)[C@@H](OC(=O)[C@H]1[C@@H]2O[C@@]3(CC2Br)[C@@H]1C(=O)N([C@@H](CC)CO)[C@@H]3C(=O)N(CC=C)c1ccc2ccccc2c1)c1ccccc1. The van der Waals surface area contributed by atoms with E-state index in [-0.39, 0.29) is 43.3 Å². The molecule has 3 aliphatic rings. The van der Waals surface area contributed by atoms with Gasteiger partial charge in [0, 0.05) is 30.6 Å². The minimum atomic E-state index is -1.40. The molecule has 12 heteroatoms. The molecule has 9 atom stereocenters. The second-order valence-electron chi connectivity index (χ2n) is 14.1. The second-order valence-corrected chi connectivity index (χ2v) is 15.3. The molecule has 11 nitrogen and oxygen atoms in total. The number of amides is 3. The number of hydrogen-bond donors (Lipinski definition) is 2. The number of hydrogen-bond acceptors (Lipinski definition) is 8. The van der Waals surface area contributed by atoms with Gasteiger partial charge in [0.15, 0.2) is 0 Å². The predicted molar refractivity (Wildman–Crippen MR) is 209 cm³/mol. The molecule has 3 amide bonds. The van der Waals surface area contributed by atoms with Gasteiger partial charge in [-0.25, -0.2) is 0 Å². The number of allylic oxidation sites excluding steroid dienone is 1. The second kappa shape index (κ2) is 17.0. The number of likely N-dealkylation sites (tertiary alicyclic amines) is 1. The normalized spacial score (nSPS) is 25.8. The minimum absolute atomic E-state index is 0.0393. The third-order valence-corrected chi connectivity index (χ3v) is 11.8. The molecule has 3 aromatic carbocycles. The summed E-state index contributed by atoms with van der Waals surface area (Å²) in [6.45, 7) is 9.26. The number of carbonyl (C=O) groups excluding carboxylic acids is 4. The number of alkyl halides is 1. The van der Waals surface area contributed by atoms with Crippen LogP contribution in [-0.4, -0.2) is 95.2 Å². The van der Waals surface area contributed by atoms with E-state index in [1.807, 2.05) is 67.6 Å². The predicted octanol–water partition coefficient (Wildman–Crippen LogP) is 5.26.